The number of fused-ring (bicyclic) bond motifs is 1. The molecular weight excluding hydrogens is 459 g/mol. The summed E-state index contributed by atoms with van der Waals surface area (Å²) in [7, 11) is 0. The highest BCUT2D eigenvalue weighted by molar-refractivity contribution is 5.78. The van der Waals surface area contributed by atoms with Gasteiger partial charge in [-0.05, 0) is 25.5 Å². The van der Waals surface area contributed by atoms with Gasteiger partial charge in [-0.1, -0.05) is 6.07 Å². The Morgan fingerprint density at radius 2 is 2.00 bits per heavy atom. The van der Waals surface area contributed by atoms with E-state index in [1.165, 1.54) is 0 Å². The summed E-state index contributed by atoms with van der Waals surface area (Å²) >= 11 is 0. The number of hydrogen-bond donors (Lipinski definition) is 2. The van der Waals surface area contributed by atoms with Gasteiger partial charge in [0, 0.05) is 44.8 Å². The number of aliphatic carboxylic acids is 1. The lowest BCUT2D eigenvalue weighted by molar-refractivity contribution is -0.192. The number of nitrogens with zero attached hydrogens (tertiary/aromatic N) is 4. The van der Waals surface area contributed by atoms with Gasteiger partial charge in [-0.2, -0.15) is 13.2 Å². The predicted molar refractivity (Wildman–Crippen MR) is 112 cm³/mol. The summed E-state index contributed by atoms with van der Waals surface area (Å²) in [5.41, 5.74) is 1.66. The summed E-state index contributed by atoms with van der Waals surface area (Å²) in [6, 6.07) is 3.61. The number of halogens is 3. The number of pyridine rings is 1. The summed E-state index contributed by atoms with van der Waals surface area (Å²) in [6.07, 6.45) is 0.454. The number of ether oxygens (including phenoxy) is 1. The van der Waals surface area contributed by atoms with Gasteiger partial charge in [-0.25, -0.2) is 9.78 Å². The normalized spacial score (nSPS) is 15.1. The van der Waals surface area contributed by atoms with E-state index in [9.17, 15) is 22.8 Å². The van der Waals surface area contributed by atoms with Crippen LogP contribution in [0.3, 0.4) is 0 Å². The van der Waals surface area contributed by atoms with Crippen molar-refractivity contribution < 1.29 is 37.4 Å². The average Bonchev–Trinajstić information content (AvgIpc) is 3.20. The fourth-order valence-electron chi connectivity index (χ4n) is 3.18. The van der Waals surface area contributed by atoms with E-state index in [1.54, 1.807) is 17.3 Å². The molecule has 13 heteroatoms. The number of imidazole rings is 1. The highest BCUT2D eigenvalue weighted by Gasteiger charge is 2.38. The molecule has 2 amide bonds. The first-order valence-corrected chi connectivity index (χ1v) is 10.4. The van der Waals surface area contributed by atoms with Crippen LogP contribution in [0.15, 0.2) is 30.7 Å². The molecule has 0 spiro atoms. The van der Waals surface area contributed by atoms with Gasteiger partial charge >= 0.3 is 12.1 Å². The van der Waals surface area contributed by atoms with Crippen LogP contribution >= 0.6 is 0 Å². The van der Waals surface area contributed by atoms with E-state index in [0.29, 0.717) is 31.9 Å². The number of carbonyl (C=O) groups excluding carboxylic acids is 2. The van der Waals surface area contributed by atoms with Crippen molar-refractivity contribution in [2.45, 2.75) is 45.6 Å². The SMILES string of the molecule is CCOCC(=O)N1CCn2cc(CC(=O)NCc3cccnc3)nc2C1C.O=C(O)C(F)(F)F. The molecule has 0 fully saturated rings. The molecule has 0 saturated carbocycles. The first-order chi connectivity index (χ1) is 16.0. The van der Waals surface area contributed by atoms with E-state index >= 15 is 0 Å². The summed E-state index contributed by atoms with van der Waals surface area (Å²) in [4.78, 5) is 43.8. The molecule has 1 atom stereocenters. The molecule has 0 radical (unpaired) electrons. The first-order valence-electron chi connectivity index (χ1n) is 10.4. The molecule has 1 aliphatic rings. The molecule has 3 rings (SSSR count). The Kier molecular flexibility index (Phi) is 9.54. The monoisotopic (exact) mass is 485 g/mol. The fraction of sp³-hybridized carbons (Fsp3) is 0.476. The van der Waals surface area contributed by atoms with E-state index in [4.69, 9.17) is 14.6 Å². The lowest BCUT2D eigenvalue weighted by Gasteiger charge is -2.33. The smallest absolute Gasteiger partial charge is 0.475 e. The van der Waals surface area contributed by atoms with Crippen LogP contribution in [-0.4, -0.2) is 68.3 Å². The lowest BCUT2D eigenvalue weighted by Crippen LogP contribution is -2.42. The number of nitrogens with one attached hydrogen (secondary N) is 1. The third-order valence-corrected chi connectivity index (χ3v) is 4.83. The zero-order valence-corrected chi connectivity index (χ0v) is 18.7. The molecule has 0 aliphatic carbocycles. The summed E-state index contributed by atoms with van der Waals surface area (Å²) in [6.45, 7) is 6.15. The number of alkyl halides is 3. The number of carboxylic acid groups (broad SMARTS) is 1. The molecule has 1 unspecified atom stereocenters. The van der Waals surface area contributed by atoms with E-state index in [1.807, 2.05) is 36.7 Å². The molecule has 2 aromatic heterocycles. The van der Waals surface area contributed by atoms with Crippen LogP contribution in [0.5, 0.6) is 0 Å². The van der Waals surface area contributed by atoms with Gasteiger partial charge in [0.05, 0.1) is 18.2 Å². The molecule has 3 heterocycles. The van der Waals surface area contributed by atoms with E-state index in [-0.39, 0.29) is 30.9 Å². The molecule has 1 aliphatic heterocycles. The van der Waals surface area contributed by atoms with Crippen molar-refractivity contribution in [3.05, 3.63) is 47.8 Å². The minimum Gasteiger partial charge on any atom is -0.475 e. The van der Waals surface area contributed by atoms with Crippen LogP contribution in [0.2, 0.25) is 0 Å². The van der Waals surface area contributed by atoms with Gasteiger partial charge < -0.3 is 24.6 Å². The molecule has 2 N–H and O–H groups in total. The van der Waals surface area contributed by atoms with E-state index < -0.39 is 12.1 Å². The quantitative estimate of drug-likeness (QED) is 0.611. The topological polar surface area (TPSA) is 127 Å². The Balaban J connectivity index is 0.000000509. The van der Waals surface area contributed by atoms with Gasteiger partial charge in [0.1, 0.15) is 12.4 Å². The van der Waals surface area contributed by atoms with Crippen molar-refractivity contribution in [2.75, 3.05) is 19.8 Å². The van der Waals surface area contributed by atoms with E-state index in [2.05, 4.69) is 15.3 Å². The van der Waals surface area contributed by atoms with Crippen molar-refractivity contribution in [1.29, 1.82) is 0 Å². The van der Waals surface area contributed by atoms with Crippen LogP contribution in [0.25, 0.3) is 0 Å². The maximum atomic E-state index is 12.3. The minimum atomic E-state index is -5.08. The lowest BCUT2D eigenvalue weighted by atomic mass is 10.2. The Morgan fingerprint density at radius 1 is 1.29 bits per heavy atom. The van der Waals surface area contributed by atoms with Crippen molar-refractivity contribution >= 4 is 17.8 Å². The van der Waals surface area contributed by atoms with E-state index in [0.717, 1.165) is 11.4 Å². The Labute approximate surface area is 193 Å². The van der Waals surface area contributed by atoms with Gasteiger partial charge in [0.2, 0.25) is 11.8 Å². The molecule has 0 saturated heterocycles. The molecule has 34 heavy (non-hydrogen) atoms. The number of amides is 2. The van der Waals surface area contributed by atoms with Crippen molar-refractivity contribution in [3.8, 4) is 0 Å². The third kappa shape index (κ3) is 7.83. The molecule has 10 nitrogen and oxygen atoms in total. The maximum absolute atomic E-state index is 12.3. The average molecular weight is 485 g/mol. The van der Waals surface area contributed by atoms with Gasteiger partial charge in [0.25, 0.3) is 0 Å². The number of carboxylic acids is 1. The Hall–Kier alpha value is -3.48. The second-order valence-electron chi connectivity index (χ2n) is 7.30. The van der Waals surface area contributed by atoms with Crippen molar-refractivity contribution in [2.24, 2.45) is 0 Å². The minimum absolute atomic E-state index is 0.0330. The number of hydrogen-bond acceptors (Lipinski definition) is 6. The number of aromatic nitrogens is 3. The Morgan fingerprint density at radius 3 is 2.59 bits per heavy atom. The number of rotatable bonds is 7. The highest BCUT2D eigenvalue weighted by Crippen LogP contribution is 2.24. The zero-order chi connectivity index (χ0) is 25.3. The van der Waals surface area contributed by atoms with Gasteiger partial charge in [-0.15, -0.1) is 0 Å². The van der Waals surface area contributed by atoms with Gasteiger partial charge in [0.15, 0.2) is 0 Å². The van der Waals surface area contributed by atoms with Crippen molar-refractivity contribution in [3.63, 3.8) is 0 Å². The van der Waals surface area contributed by atoms with Crippen LogP contribution < -0.4 is 5.32 Å². The second kappa shape index (κ2) is 12.1. The summed E-state index contributed by atoms with van der Waals surface area (Å²) < 4.78 is 39.0. The van der Waals surface area contributed by atoms with Gasteiger partial charge in [-0.3, -0.25) is 14.6 Å². The van der Waals surface area contributed by atoms with Crippen LogP contribution in [0.4, 0.5) is 13.2 Å². The maximum Gasteiger partial charge on any atom is 0.490 e. The third-order valence-electron chi connectivity index (χ3n) is 4.83. The largest absolute Gasteiger partial charge is 0.490 e. The van der Waals surface area contributed by atoms with Crippen LogP contribution in [0, 0.1) is 0 Å². The Bertz CT molecular complexity index is 981. The standard InChI is InChI=1S/C19H25N5O3.C2HF3O2/c1-3-27-13-18(26)24-8-7-23-12-16(22-19(23)14(24)2)9-17(25)21-11-15-5-4-6-20-10-15;3-2(4,5)1(6)7/h4-6,10,12,14H,3,7-9,11,13H2,1-2H3,(H,21,25);(H,6,7). The zero-order valence-electron chi connectivity index (χ0n) is 18.7. The molecule has 0 bridgehead atoms. The molecule has 0 aromatic carbocycles. The molecule has 2 aromatic rings. The molecule has 186 valence electrons. The highest BCUT2D eigenvalue weighted by atomic mass is 19.4. The number of carbonyl (C=O) groups is 3. The summed E-state index contributed by atoms with van der Waals surface area (Å²) in [5, 5.41) is 10.0. The predicted octanol–water partition coefficient (Wildman–Crippen LogP) is 1.71. The fourth-order valence-corrected chi connectivity index (χ4v) is 3.18. The summed E-state index contributed by atoms with van der Waals surface area (Å²) in [5.74, 6) is -2.07. The molecular formula is C21H26F3N5O5. The van der Waals surface area contributed by atoms with Crippen molar-refractivity contribution in [1.82, 2.24) is 24.8 Å². The second-order valence-corrected chi connectivity index (χ2v) is 7.30. The first kappa shape index (κ1) is 26.8. The van der Waals surface area contributed by atoms with Crippen LogP contribution in [-0.2, 0) is 38.6 Å². The van der Waals surface area contributed by atoms with Crippen LogP contribution in [0.1, 0.15) is 37.0 Å².